The Morgan fingerprint density at radius 2 is 2.00 bits per heavy atom. The van der Waals surface area contributed by atoms with Gasteiger partial charge in [0.25, 0.3) is 0 Å². The van der Waals surface area contributed by atoms with Crippen LogP contribution in [0, 0.1) is 5.82 Å². The van der Waals surface area contributed by atoms with Crippen molar-refractivity contribution in [1.29, 1.82) is 0 Å². The molecule has 0 aliphatic carbocycles. The molecule has 0 fully saturated rings. The number of hydrogen-bond acceptors (Lipinski definition) is 4. The highest BCUT2D eigenvalue weighted by Crippen LogP contribution is 2.29. The molecule has 0 bridgehead atoms. The average Bonchev–Trinajstić information content (AvgIpc) is 2.12. The summed E-state index contributed by atoms with van der Waals surface area (Å²) in [4.78, 5) is 9.93. The average molecular weight is 327 g/mol. The Morgan fingerprint density at radius 3 is 2.35 bits per heavy atom. The molecule has 1 aromatic rings. The number of hydrogen-bond donors (Lipinski definition) is 2. The summed E-state index contributed by atoms with van der Waals surface area (Å²) in [6, 6.07) is 1.73. The first-order valence-electron chi connectivity index (χ1n) is 4.24. The molecule has 2 N–H and O–H groups in total. The lowest BCUT2D eigenvalue weighted by molar-refractivity contribution is -0.146. The van der Waals surface area contributed by atoms with E-state index < -0.39 is 32.6 Å². The lowest BCUT2D eigenvalue weighted by Gasteiger charge is -2.10. The van der Waals surface area contributed by atoms with Crippen LogP contribution in [0.5, 0.6) is 0 Å². The summed E-state index contributed by atoms with van der Waals surface area (Å²) < 4.78 is 35.9. The third-order valence-electron chi connectivity index (χ3n) is 1.94. The molecule has 8 heteroatoms. The van der Waals surface area contributed by atoms with Crippen LogP contribution in [0.1, 0.15) is 11.7 Å². The molecule has 5 nitrogen and oxygen atoms in total. The predicted octanol–water partition coefficient (Wildman–Crippen LogP) is 1.11. The smallest absolute Gasteiger partial charge is 0.337 e. The molecule has 0 aromatic heterocycles. The van der Waals surface area contributed by atoms with E-state index in [0.29, 0.717) is 6.07 Å². The van der Waals surface area contributed by atoms with Gasteiger partial charge in [0.15, 0.2) is 15.9 Å². The van der Waals surface area contributed by atoms with Crippen molar-refractivity contribution in [2.45, 2.75) is 11.0 Å². The SMILES string of the molecule is CS(=O)(=O)c1c(F)cc(C(O)C(=O)O)cc1Br. The maximum absolute atomic E-state index is 13.5. The van der Waals surface area contributed by atoms with Gasteiger partial charge in [-0.15, -0.1) is 0 Å². The number of aliphatic hydroxyl groups excluding tert-OH is 1. The molecule has 0 amide bonds. The third-order valence-corrected chi connectivity index (χ3v) is 3.99. The van der Waals surface area contributed by atoms with Gasteiger partial charge in [-0.3, -0.25) is 0 Å². The van der Waals surface area contributed by atoms with Crippen molar-refractivity contribution in [2.24, 2.45) is 0 Å². The molecule has 0 aliphatic rings. The van der Waals surface area contributed by atoms with Gasteiger partial charge in [-0.2, -0.15) is 0 Å². The summed E-state index contributed by atoms with van der Waals surface area (Å²) in [7, 11) is -3.78. The van der Waals surface area contributed by atoms with E-state index in [-0.39, 0.29) is 10.0 Å². The van der Waals surface area contributed by atoms with E-state index in [1.807, 2.05) is 0 Å². The van der Waals surface area contributed by atoms with E-state index in [2.05, 4.69) is 15.9 Å². The highest BCUT2D eigenvalue weighted by atomic mass is 79.9. The molecule has 94 valence electrons. The zero-order chi connectivity index (χ0) is 13.4. The molecule has 1 unspecified atom stereocenters. The first-order chi connectivity index (χ1) is 7.64. The van der Waals surface area contributed by atoms with Crippen LogP contribution in [0.4, 0.5) is 4.39 Å². The summed E-state index contributed by atoms with van der Waals surface area (Å²) in [6.07, 6.45) is -1.09. The Balaban J connectivity index is 3.43. The number of benzene rings is 1. The first kappa shape index (κ1) is 14.1. The van der Waals surface area contributed by atoms with E-state index in [9.17, 15) is 22.7 Å². The highest BCUT2D eigenvalue weighted by Gasteiger charge is 2.23. The van der Waals surface area contributed by atoms with E-state index in [0.717, 1.165) is 12.3 Å². The standard InChI is InChI=1S/C9H8BrFO5S/c1-17(15,16)8-5(10)2-4(3-6(8)11)7(12)9(13)14/h2-3,7,12H,1H3,(H,13,14). The number of aliphatic carboxylic acids is 1. The monoisotopic (exact) mass is 326 g/mol. The fraction of sp³-hybridized carbons (Fsp3) is 0.222. The van der Waals surface area contributed by atoms with Gasteiger partial charge in [-0.25, -0.2) is 17.6 Å². The molecule has 1 rings (SSSR count). The molecule has 0 aliphatic heterocycles. The number of carbonyl (C=O) groups is 1. The largest absolute Gasteiger partial charge is 0.479 e. The molecule has 17 heavy (non-hydrogen) atoms. The van der Waals surface area contributed by atoms with Crippen molar-refractivity contribution in [3.63, 3.8) is 0 Å². The van der Waals surface area contributed by atoms with E-state index in [1.165, 1.54) is 0 Å². The fourth-order valence-corrected chi connectivity index (χ4v) is 3.40. The van der Waals surface area contributed by atoms with E-state index >= 15 is 0 Å². The number of aliphatic hydroxyl groups is 1. The maximum Gasteiger partial charge on any atom is 0.337 e. The Kier molecular flexibility index (Phi) is 3.90. The fourth-order valence-electron chi connectivity index (χ4n) is 1.23. The Hall–Kier alpha value is -0.990. The van der Waals surface area contributed by atoms with Gasteiger partial charge < -0.3 is 10.2 Å². The van der Waals surface area contributed by atoms with Gasteiger partial charge in [-0.05, 0) is 33.6 Å². The van der Waals surface area contributed by atoms with Crippen molar-refractivity contribution in [3.05, 3.63) is 28.0 Å². The lowest BCUT2D eigenvalue weighted by atomic mass is 10.1. The van der Waals surface area contributed by atoms with Crippen LogP contribution in [-0.4, -0.2) is 30.9 Å². The molecule has 1 aromatic carbocycles. The predicted molar refractivity (Wildman–Crippen MR) is 59.8 cm³/mol. The van der Waals surface area contributed by atoms with Gasteiger partial charge in [0.2, 0.25) is 0 Å². The van der Waals surface area contributed by atoms with Gasteiger partial charge in [0.05, 0.1) is 0 Å². The minimum atomic E-state index is -3.78. The normalized spacial score (nSPS) is 13.4. The van der Waals surface area contributed by atoms with Gasteiger partial charge in [-0.1, -0.05) is 0 Å². The number of halogens is 2. The van der Waals surface area contributed by atoms with Crippen LogP contribution in [-0.2, 0) is 14.6 Å². The summed E-state index contributed by atoms with van der Waals surface area (Å²) in [5.74, 6) is -2.67. The molecule has 0 heterocycles. The molecular formula is C9H8BrFO5S. The Bertz CT molecular complexity index is 546. The maximum atomic E-state index is 13.5. The molecule has 1 atom stereocenters. The second-order valence-electron chi connectivity index (χ2n) is 3.33. The topological polar surface area (TPSA) is 91.7 Å². The second kappa shape index (κ2) is 4.71. The summed E-state index contributed by atoms with van der Waals surface area (Å²) in [5.41, 5.74) is -0.241. The van der Waals surface area contributed by atoms with Gasteiger partial charge >= 0.3 is 5.97 Å². The zero-order valence-corrected chi connectivity index (χ0v) is 10.9. The van der Waals surface area contributed by atoms with Crippen molar-refractivity contribution in [3.8, 4) is 0 Å². The molecule has 0 saturated carbocycles. The van der Waals surface area contributed by atoms with Crippen molar-refractivity contribution >= 4 is 31.7 Å². The molecule has 0 saturated heterocycles. The van der Waals surface area contributed by atoms with Crippen LogP contribution in [0.15, 0.2) is 21.5 Å². The van der Waals surface area contributed by atoms with Crippen molar-refractivity contribution < 1.29 is 27.8 Å². The summed E-state index contributed by atoms with van der Waals surface area (Å²) >= 11 is 2.83. The van der Waals surface area contributed by atoms with Crippen LogP contribution < -0.4 is 0 Å². The molecular weight excluding hydrogens is 319 g/mol. The number of sulfone groups is 1. The number of carboxylic acids is 1. The van der Waals surface area contributed by atoms with Crippen LogP contribution in [0.2, 0.25) is 0 Å². The van der Waals surface area contributed by atoms with Gasteiger partial charge in [0.1, 0.15) is 10.7 Å². The van der Waals surface area contributed by atoms with E-state index in [4.69, 9.17) is 5.11 Å². The number of carboxylic acid groups (broad SMARTS) is 1. The minimum Gasteiger partial charge on any atom is -0.479 e. The summed E-state index contributed by atoms with van der Waals surface area (Å²) in [6.45, 7) is 0. The zero-order valence-electron chi connectivity index (χ0n) is 8.52. The number of rotatable bonds is 3. The molecule has 0 radical (unpaired) electrons. The van der Waals surface area contributed by atoms with Crippen LogP contribution in [0.25, 0.3) is 0 Å². The van der Waals surface area contributed by atoms with Crippen molar-refractivity contribution in [2.75, 3.05) is 6.26 Å². The quantitative estimate of drug-likeness (QED) is 0.868. The van der Waals surface area contributed by atoms with Gasteiger partial charge in [0, 0.05) is 10.7 Å². The summed E-state index contributed by atoms with van der Waals surface area (Å²) in [5, 5.41) is 17.7. The Labute approximate surface area is 105 Å². The second-order valence-corrected chi connectivity index (χ2v) is 6.13. The van der Waals surface area contributed by atoms with Crippen molar-refractivity contribution in [1.82, 2.24) is 0 Å². The molecule has 0 spiro atoms. The first-order valence-corrected chi connectivity index (χ1v) is 6.93. The lowest BCUT2D eigenvalue weighted by Crippen LogP contribution is -2.12. The third kappa shape index (κ3) is 3.02. The van der Waals surface area contributed by atoms with E-state index in [1.54, 1.807) is 0 Å². The highest BCUT2D eigenvalue weighted by molar-refractivity contribution is 9.10. The Morgan fingerprint density at radius 1 is 1.47 bits per heavy atom. The van der Waals surface area contributed by atoms with Crippen LogP contribution in [0.3, 0.4) is 0 Å². The minimum absolute atomic E-state index is 0.129. The van der Waals surface area contributed by atoms with Crippen LogP contribution >= 0.6 is 15.9 Å².